The predicted octanol–water partition coefficient (Wildman–Crippen LogP) is 3.30. The average Bonchev–Trinajstić information content (AvgIpc) is 2.97. The molecule has 4 heteroatoms. The fourth-order valence-electron chi connectivity index (χ4n) is 3.96. The van der Waals surface area contributed by atoms with Crippen LogP contribution in [0, 0.1) is 17.8 Å². The lowest BCUT2D eigenvalue weighted by Gasteiger charge is -2.37. The summed E-state index contributed by atoms with van der Waals surface area (Å²) in [5.41, 5.74) is 0. The summed E-state index contributed by atoms with van der Waals surface area (Å²) in [6.45, 7) is 5.03. The summed E-state index contributed by atoms with van der Waals surface area (Å²) in [5, 5.41) is 9.42. The van der Waals surface area contributed by atoms with Crippen LogP contribution >= 0.6 is 0 Å². The lowest BCUT2D eigenvalue weighted by atomic mass is 9.78. The minimum Gasteiger partial charge on any atom is -0.481 e. The molecule has 2 aliphatic carbocycles. The lowest BCUT2D eigenvalue weighted by molar-refractivity contribution is -0.153. The molecule has 2 fully saturated rings. The topological polar surface area (TPSA) is 57.6 Å². The van der Waals surface area contributed by atoms with Crippen LogP contribution in [0.15, 0.2) is 0 Å². The first kappa shape index (κ1) is 16.3. The summed E-state index contributed by atoms with van der Waals surface area (Å²) >= 11 is 0. The minimum absolute atomic E-state index is 0.114. The number of hydrogen-bond acceptors (Lipinski definition) is 2. The van der Waals surface area contributed by atoms with E-state index in [4.69, 9.17) is 0 Å². The number of rotatable bonds is 5. The van der Waals surface area contributed by atoms with Crippen LogP contribution in [0.4, 0.5) is 0 Å². The van der Waals surface area contributed by atoms with Crippen molar-refractivity contribution in [2.45, 2.75) is 71.3 Å². The first-order chi connectivity index (χ1) is 10.0. The van der Waals surface area contributed by atoms with Gasteiger partial charge >= 0.3 is 5.97 Å². The first-order valence-corrected chi connectivity index (χ1v) is 8.54. The van der Waals surface area contributed by atoms with E-state index >= 15 is 0 Å². The summed E-state index contributed by atoms with van der Waals surface area (Å²) in [4.78, 5) is 26.5. The maximum absolute atomic E-state index is 13.0. The zero-order valence-corrected chi connectivity index (χ0v) is 13.4. The molecule has 21 heavy (non-hydrogen) atoms. The van der Waals surface area contributed by atoms with Gasteiger partial charge in [0.05, 0.1) is 11.8 Å². The third kappa shape index (κ3) is 3.98. The summed E-state index contributed by atoms with van der Waals surface area (Å²) in [6, 6.07) is 0.344. The number of nitrogens with zero attached hydrogens (tertiary/aromatic N) is 1. The van der Waals surface area contributed by atoms with E-state index in [0.29, 0.717) is 18.4 Å². The van der Waals surface area contributed by atoms with E-state index in [1.807, 2.05) is 4.90 Å². The van der Waals surface area contributed by atoms with Crippen molar-refractivity contribution >= 4 is 11.9 Å². The fourth-order valence-corrected chi connectivity index (χ4v) is 3.96. The molecule has 0 aromatic heterocycles. The number of carbonyl (C=O) groups excluding carboxylic acids is 1. The Hall–Kier alpha value is -1.06. The van der Waals surface area contributed by atoms with Gasteiger partial charge in [-0.15, -0.1) is 0 Å². The van der Waals surface area contributed by atoms with Gasteiger partial charge in [-0.25, -0.2) is 0 Å². The highest BCUT2D eigenvalue weighted by molar-refractivity contribution is 5.85. The van der Waals surface area contributed by atoms with E-state index in [1.165, 1.54) is 12.8 Å². The maximum Gasteiger partial charge on any atom is 0.307 e. The van der Waals surface area contributed by atoms with Crippen molar-refractivity contribution in [3.63, 3.8) is 0 Å². The Labute approximate surface area is 127 Å². The van der Waals surface area contributed by atoms with E-state index in [2.05, 4.69) is 13.8 Å². The Morgan fingerprint density at radius 2 is 1.52 bits per heavy atom. The van der Waals surface area contributed by atoms with Gasteiger partial charge in [-0.05, 0) is 31.6 Å². The van der Waals surface area contributed by atoms with Gasteiger partial charge in [-0.2, -0.15) is 0 Å². The van der Waals surface area contributed by atoms with E-state index in [0.717, 1.165) is 38.6 Å². The number of carboxylic acid groups (broad SMARTS) is 1. The van der Waals surface area contributed by atoms with Crippen molar-refractivity contribution in [2.75, 3.05) is 6.54 Å². The normalized spacial score (nSPS) is 27.0. The Kier molecular flexibility index (Phi) is 5.65. The smallest absolute Gasteiger partial charge is 0.307 e. The van der Waals surface area contributed by atoms with E-state index in [9.17, 15) is 14.7 Å². The Balaban J connectivity index is 2.13. The van der Waals surface area contributed by atoms with E-state index in [1.54, 1.807) is 0 Å². The van der Waals surface area contributed by atoms with Gasteiger partial charge in [-0.3, -0.25) is 9.59 Å². The average molecular weight is 295 g/mol. The van der Waals surface area contributed by atoms with Crippen molar-refractivity contribution in [3.8, 4) is 0 Å². The molecule has 0 unspecified atom stereocenters. The molecule has 0 radical (unpaired) electrons. The second-order valence-electron chi connectivity index (χ2n) is 7.16. The van der Waals surface area contributed by atoms with E-state index in [-0.39, 0.29) is 11.8 Å². The molecule has 4 nitrogen and oxygen atoms in total. The first-order valence-electron chi connectivity index (χ1n) is 8.54. The number of aliphatic carboxylic acids is 1. The van der Waals surface area contributed by atoms with Gasteiger partial charge in [0, 0.05) is 12.6 Å². The molecular formula is C17H29NO3. The molecule has 0 bridgehead atoms. The van der Waals surface area contributed by atoms with Crippen LogP contribution in [0.3, 0.4) is 0 Å². The molecule has 0 aliphatic heterocycles. The van der Waals surface area contributed by atoms with Crippen LogP contribution < -0.4 is 0 Å². The second-order valence-corrected chi connectivity index (χ2v) is 7.16. The molecule has 0 spiro atoms. The summed E-state index contributed by atoms with van der Waals surface area (Å²) in [7, 11) is 0. The molecule has 2 saturated carbocycles. The van der Waals surface area contributed by atoms with Gasteiger partial charge < -0.3 is 10.0 Å². The Morgan fingerprint density at radius 3 is 2.05 bits per heavy atom. The molecule has 120 valence electrons. The fraction of sp³-hybridized carbons (Fsp3) is 0.882. The zero-order valence-electron chi connectivity index (χ0n) is 13.4. The molecule has 2 aliphatic rings. The van der Waals surface area contributed by atoms with Gasteiger partial charge in [0.2, 0.25) is 5.91 Å². The van der Waals surface area contributed by atoms with Crippen LogP contribution in [0.25, 0.3) is 0 Å². The molecule has 1 N–H and O–H groups in total. The molecule has 0 heterocycles. The second kappa shape index (κ2) is 7.28. The van der Waals surface area contributed by atoms with Crippen molar-refractivity contribution in [1.82, 2.24) is 4.90 Å². The Bertz CT molecular complexity index is 374. The van der Waals surface area contributed by atoms with Gasteiger partial charge in [0.1, 0.15) is 0 Å². The summed E-state index contributed by atoms with van der Waals surface area (Å²) in [6.07, 6.45) is 7.89. The van der Waals surface area contributed by atoms with Crippen LogP contribution in [-0.4, -0.2) is 34.5 Å². The third-order valence-electron chi connectivity index (χ3n) is 5.01. The highest BCUT2D eigenvalue weighted by Crippen LogP contribution is 2.34. The largest absolute Gasteiger partial charge is 0.481 e. The number of hydrogen-bond donors (Lipinski definition) is 1. The molecule has 1 amide bonds. The number of carboxylic acids is 1. The van der Waals surface area contributed by atoms with Gasteiger partial charge in [-0.1, -0.05) is 39.5 Å². The van der Waals surface area contributed by atoms with Crippen LogP contribution in [0.2, 0.25) is 0 Å². The maximum atomic E-state index is 13.0. The van der Waals surface area contributed by atoms with Crippen LogP contribution in [-0.2, 0) is 9.59 Å². The van der Waals surface area contributed by atoms with Gasteiger partial charge in [0.15, 0.2) is 0 Å². The standard InChI is InChI=1S/C17H29NO3/c1-12(2)11-18(13-7-3-4-8-13)16(19)14-9-5-6-10-15(14)17(20)21/h12-15H,3-11H2,1-2H3,(H,20,21)/t14-,15+/m1/s1. The SMILES string of the molecule is CC(C)CN(C(=O)[C@@H]1CCCC[C@@H]1C(=O)O)C1CCCC1. The van der Waals surface area contributed by atoms with Crippen molar-refractivity contribution in [3.05, 3.63) is 0 Å². The Morgan fingerprint density at radius 1 is 1.00 bits per heavy atom. The molecule has 0 saturated heterocycles. The van der Waals surface area contributed by atoms with Crippen LogP contribution in [0.1, 0.15) is 65.2 Å². The summed E-state index contributed by atoms with van der Waals surface area (Å²) in [5.74, 6) is -1.01. The van der Waals surface area contributed by atoms with Crippen molar-refractivity contribution < 1.29 is 14.7 Å². The highest BCUT2D eigenvalue weighted by atomic mass is 16.4. The highest BCUT2D eigenvalue weighted by Gasteiger charge is 2.40. The summed E-state index contributed by atoms with van der Waals surface area (Å²) < 4.78 is 0. The van der Waals surface area contributed by atoms with Crippen molar-refractivity contribution in [2.24, 2.45) is 17.8 Å². The molecular weight excluding hydrogens is 266 g/mol. The monoisotopic (exact) mass is 295 g/mol. The quantitative estimate of drug-likeness (QED) is 0.846. The third-order valence-corrected chi connectivity index (χ3v) is 5.01. The van der Waals surface area contributed by atoms with Gasteiger partial charge in [0.25, 0.3) is 0 Å². The predicted molar refractivity (Wildman–Crippen MR) is 81.9 cm³/mol. The minimum atomic E-state index is -0.788. The molecule has 2 rings (SSSR count). The molecule has 0 aromatic rings. The van der Waals surface area contributed by atoms with E-state index < -0.39 is 11.9 Å². The molecule has 0 aromatic carbocycles. The number of carbonyl (C=O) groups is 2. The lowest BCUT2D eigenvalue weighted by Crippen LogP contribution is -2.47. The zero-order chi connectivity index (χ0) is 15.4. The molecule has 2 atom stereocenters. The van der Waals surface area contributed by atoms with Crippen molar-refractivity contribution in [1.29, 1.82) is 0 Å². The van der Waals surface area contributed by atoms with Crippen LogP contribution in [0.5, 0.6) is 0 Å². The number of amides is 1.